The fourth-order valence-electron chi connectivity index (χ4n) is 3.47. The zero-order chi connectivity index (χ0) is 20.3. The summed E-state index contributed by atoms with van der Waals surface area (Å²) < 4.78 is 39.6. The summed E-state index contributed by atoms with van der Waals surface area (Å²) in [5, 5.41) is 10.2. The van der Waals surface area contributed by atoms with Crippen LogP contribution in [-0.4, -0.2) is 46.8 Å². The van der Waals surface area contributed by atoms with Crippen molar-refractivity contribution in [3.63, 3.8) is 0 Å². The number of amides is 1. The standard InChI is InChI=1S/C19H24F3N5O.2ClH/c1-23-17(14-9-24-26(2)11-14)18(28)25-16-7-8-27(12-16)10-13-3-5-15(6-4-13)19(20,21)22;;/h3-6,9,11,16-17,23H,7-8,10,12H2,1-2H3,(H,25,28);2*1H. The summed E-state index contributed by atoms with van der Waals surface area (Å²) in [5.41, 5.74) is 0.974. The van der Waals surface area contributed by atoms with Crippen LogP contribution < -0.4 is 10.6 Å². The molecule has 11 heteroatoms. The van der Waals surface area contributed by atoms with Crippen LogP contribution >= 0.6 is 24.8 Å². The van der Waals surface area contributed by atoms with Gasteiger partial charge in [0.2, 0.25) is 5.91 Å². The molecule has 1 aromatic carbocycles. The number of alkyl halides is 3. The van der Waals surface area contributed by atoms with Gasteiger partial charge in [-0.15, -0.1) is 24.8 Å². The van der Waals surface area contributed by atoms with Crippen LogP contribution in [0.2, 0.25) is 0 Å². The van der Waals surface area contributed by atoms with Crippen LogP contribution in [0.5, 0.6) is 0 Å². The van der Waals surface area contributed by atoms with Crippen molar-refractivity contribution >= 4 is 30.7 Å². The van der Waals surface area contributed by atoms with Gasteiger partial charge in [-0.25, -0.2) is 0 Å². The zero-order valence-corrected chi connectivity index (χ0v) is 18.3. The van der Waals surface area contributed by atoms with Gasteiger partial charge in [-0.05, 0) is 31.2 Å². The highest BCUT2D eigenvalue weighted by Crippen LogP contribution is 2.29. The molecular weight excluding hydrogens is 442 g/mol. The maximum absolute atomic E-state index is 12.7. The largest absolute Gasteiger partial charge is 0.416 e. The topological polar surface area (TPSA) is 62.2 Å². The van der Waals surface area contributed by atoms with Crippen LogP contribution in [0.15, 0.2) is 36.7 Å². The number of carbonyl (C=O) groups is 1. The van der Waals surface area contributed by atoms with E-state index in [1.54, 1.807) is 31.2 Å². The van der Waals surface area contributed by atoms with Crippen LogP contribution in [0.25, 0.3) is 0 Å². The van der Waals surface area contributed by atoms with Gasteiger partial charge in [0.15, 0.2) is 0 Å². The summed E-state index contributed by atoms with van der Waals surface area (Å²) in [5.74, 6) is -0.114. The molecule has 1 aliphatic heterocycles. The molecule has 1 aromatic heterocycles. The minimum Gasteiger partial charge on any atom is -0.350 e. The Kier molecular flexibility index (Phi) is 9.61. The quantitative estimate of drug-likeness (QED) is 0.685. The minimum absolute atomic E-state index is 0. The average molecular weight is 468 g/mol. The smallest absolute Gasteiger partial charge is 0.350 e. The Morgan fingerprint density at radius 2 is 1.93 bits per heavy atom. The molecule has 2 aromatic rings. The molecule has 0 aliphatic carbocycles. The third kappa shape index (κ3) is 6.60. The van der Waals surface area contributed by atoms with Crippen LogP contribution in [0.4, 0.5) is 13.2 Å². The molecule has 0 saturated carbocycles. The van der Waals surface area contributed by atoms with Crippen LogP contribution in [0.1, 0.15) is 29.2 Å². The molecule has 1 fully saturated rings. The summed E-state index contributed by atoms with van der Waals surface area (Å²) in [6, 6.07) is 4.77. The highest BCUT2D eigenvalue weighted by molar-refractivity contribution is 5.85. The van der Waals surface area contributed by atoms with Crippen molar-refractivity contribution < 1.29 is 18.0 Å². The van der Waals surface area contributed by atoms with Crippen molar-refractivity contribution in [3.05, 3.63) is 53.3 Å². The van der Waals surface area contributed by atoms with Gasteiger partial charge in [0, 0.05) is 44.5 Å². The lowest BCUT2D eigenvalue weighted by Crippen LogP contribution is -2.43. The normalized spacial score (nSPS) is 17.7. The lowest BCUT2D eigenvalue weighted by Gasteiger charge is -2.20. The average Bonchev–Trinajstić information content (AvgIpc) is 3.24. The molecule has 2 heterocycles. The number of aromatic nitrogens is 2. The Morgan fingerprint density at radius 3 is 2.47 bits per heavy atom. The van der Waals surface area contributed by atoms with Crippen molar-refractivity contribution in [2.75, 3.05) is 20.1 Å². The van der Waals surface area contributed by atoms with Gasteiger partial charge >= 0.3 is 6.18 Å². The van der Waals surface area contributed by atoms with Crippen molar-refractivity contribution in [3.8, 4) is 0 Å². The Bertz CT molecular complexity index is 813. The molecule has 1 aliphatic rings. The number of rotatable bonds is 6. The lowest BCUT2D eigenvalue weighted by atomic mass is 10.1. The number of nitrogens with one attached hydrogen (secondary N) is 2. The van der Waals surface area contributed by atoms with E-state index < -0.39 is 17.8 Å². The Hall–Kier alpha value is -1.81. The molecule has 0 bridgehead atoms. The number of benzene rings is 1. The Labute approximate surface area is 186 Å². The molecule has 0 spiro atoms. The number of likely N-dealkylation sites (tertiary alicyclic amines) is 1. The third-order valence-electron chi connectivity index (χ3n) is 4.92. The zero-order valence-electron chi connectivity index (χ0n) is 16.6. The van der Waals surface area contributed by atoms with Crippen molar-refractivity contribution in [2.45, 2.75) is 31.2 Å². The summed E-state index contributed by atoms with van der Waals surface area (Å²) in [4.78, 5) is 14.7. The van der Waals surface area contributed by atoms with Gasteiger partial charge in [-0.3, -0.25) is 14.4 Å². The van der Waals surface area contributed by atoms with Gasteiger partial charge < -0.3 is 10.6 Å². The monoisotopic (exact) mass is 467 g/mol. The van der Waals surface area contributed by atoms with E-state index in [0.717, 1.165) is 36.2 Å². The summed E-state index contributed by atoms with van der Waals surface area (Å²) in [6.07, 6.45) is -0.0614. The first kappa shape index (κ1) is 26.2. The maximum Gasteiger partial charge on any atom is 0.416 e. The van der Waals surface area contributed by atoms with E-state index in [2.05, 4.69) is 20.6 Å². The number of hydrogen-bond donors (Lipinski definition) is 2. The second-order valence-corrected chi connectivity index (χ2v) is 7.09. The molecule has 3 rings (SSSR count). The predicted molar refractivity (Wildman–Crippen MR) is 113 cm³/mol. The van der Waals surface area contributed by atoms with Gasteiger partial charge in [0.25, 0.3) is 0 Å². The highest BCUT2D eigenvalue weighted by Gasteiger charge is 2.30. The van der Waals surface area contributed by atoms with E-state index in [-0.39, 0.29) is 36.8 Å². The summed E-state index contributed by atoms with van der Waals surface area (Å²) in [6.45, 7) is 2.00. The maximum atomic E-state index is 12.7. The molecule has 1 amide bonds. The second-order valence-electron chi connectivity index (χ2n) is 7.09. The molecule has 30 heavy (non-hydrogen) atoms. The van der Waals surface area contributed by atoms with Crippen LogP contribution in [0, 0.1) is 0 Å². The Balaban J connectivity index is 0.00000225. The molecule has 2 atom stereocenters. The minimum atomic E-state index is -4.32. The highest BCUT2D eigenvalue weighted by atomic mass is 35.5. The van der Waals surface area contributed by atoms with E-state index >= 15 is 0 Å². The van der Waals surface area contributed by atoms with Crippen molar-refractivity contribution in [1.29, 1.82) is 0 Å². The number of hydrogen-bond acceptors (Lipinski definition) is 4. The van der Waals surface area contributed by atoms with Gasteiger partial charge in [0.1, 0.15) is 6.04 Å². The number of carbonyl (C=O) groups excluding carboxylic acids is 1. The van der Waals surface area contributed by atoms with Crippen LogP contribution in [0.3, 0.4) is 0 Å². The van der Waals surface area contributed by atoms with E-state index in [4.69, 9.17) is 0 Å². The second kappa shape index (κ2) is 11.0. The van der Waals surface area contributed by atoms with Crippen LogP contribution in [-0.2, 0) is 24.6 Å². The van der Waals surface area contributed by atoms with E-state index in [9.17, 15) is 18.0 Å². The van der Waals surface area contributed by atoms with Crippen molar-refractivity contribution in [1.82, 2.24) is 25.3 Å². The molecule has 168 valence electrons. The molecule has 2 N–H and O–H groups in total. The predicted octanol–water partition coefficient (Wildman–Crippen LogP) is 2.93. The van der Waals surface area contributed by atoms with E-state index in [1.165, 1.54) is 12.1 Å². The van der Waals surface area contributed by atoms with Crippen molar-refractivity contribution in [2.24, 2.45) is 7.05 Å². The number of likely N-dealkylation sites (N-methyl/N-ethyl adjacent to an activating group) is 1. The fraction of sp³-hybridized carbons (Fsp3) is 0.474. The first-order chi connectivity index (χ1) is 13.3. The lowest BCUT2D eigenvalue weighted by molar-refractivity contribution is -0.137. The molecule has 0 radical (unpaired) electrons. The molecule has 1 saturated heterocycles. The van der Waals surface area contributed by atoms with E-state index in [0.29, 0.717) is 13.1 Å². The first-order valence-electron chi connectivity index (χ1n) is 9.11. The SMILES string of the molecule is CNC(C(=O)NC1CCN(Cc2ccc(C(F)(F)F)cc2)C1)c1cnn(C)c1.Cl.Cl. The van der Waals surface area contributed by atoms with E-state index in [1.807, 2.05) is 0 Å². The molecule has 6 nitrogen and oxygen atoms in total. The fourth-order valence-corrected chi connectivity index (χ4v) is 3.47. The van der Waals surface area contributed by atoms with Gasteiger partial charge in [0.05, 0.1) is 11.8 Å². The Morgan fingerprint density at radius 1 is 1.27 bits per heavy atom. The van der Waals surface area contributed by atoms with Gasteiger partial charge in [-0.2, -0.15) is 18.3 Å². The molecular formula is C19H26Cl2F3N5O. The molecule has 2 unspecified atom stereocenters. The number of halogens is 5. The summed E-state index contributed by atoms with van der Waals surface area (Å²) in [7, 11) is 3.52. The number of nitrogens with zero attached hydrogens (tertiary/aromatic N) is 3. The third-order valence-corrected chi connectivity index (χ3v) is 4.92. The first-order valence-corrected chi connectivity index (χ1v) is 9.11. The summed E-state index contributed by atoms with van der Waals surface area (Å²) >= 11 is 0. The number of aryl methyl sites for hydroxylation is 1. The van der Waals surface area contributed by atoms with Gasteiger partial charge in [-0.1, -0.05) is 12.1 Å².